The van der Waals surface area contributed by atoms with E-state index in [-0.39, 0.29) is 41.4 Å². The summed E-state index contributed by atoms with van der Waals surface area (Å²) < 4.78 is 57.7. The van der Waals surface area contributed by atoms with Crippen LogP contribution in [0.2, 0.25) is 0 Å². The Morgan fingerprint density at radius 3 is 2.67 bits per heavy atom. The Hall–Kier alpha value is -3.14. The van der Waals surface area contributed by atoms with Gasteiger partial charge in [-0.3, -0.25) is 9.59 Å². The summed E-state index contributed by atoms with van der Waals surface area (Å²) in [5.74, 6) is -0.00759. The van der Waals surface area contributed by atoms with Gasteiger partial charge in [-0.05, 0) is 61.7 Å². The maximum Gasteiger partial charge on any atom is 0.417 e. The van der Waals surface area contributed by atoms with Gasteiger partial charge in [-0.1, -0.05) is 17.8 Å². The summed E-state index contributed by atoms with van der Waals surface area (Å²) >= 11 is 0.978. The van der Waals surface area contributed by atoms with Crippen LogP contribution in [-0.4, -0.2) is 49.7 Å². The van der Waals surface area contributed by atoms with E-state index in [9.17, 15) is 22.8 Å². The molecule has 4 rings (SSSR count). The summed E-state index contributed by atoms with van der Waals surface area (Å²) in [6.45, 7) is 3.53. The van der Waals surface area contributed by atoms with E-state index in [2.05, 4.69) is 0 Å². The molecule has 1 saturated heterocycles. The molecule has 1 atom stereocenters. The fraction of sp³-hybridized carbons (Fsp3) is 0.385. The molecule has 0 unspecified atom stereocenters. The van der Waals surface area contributed by atoms with Crippen LogP contribution in [0.5, 0.6) is 11.5 Å². The second-order valence-electron chi connectivity index (χ2n) is 8.37. The second-order valence-corrected chi connectivity index (χ2v) is 9.49. The monoisotopic (exact) mass is 521 g/mol. The highest BCUT2D eigenvalue weighted by Gasteiger charge is 2.34. The standard InChI is InChI=1S/C26H26F3NO5S/c1-2-33-25(32)18-4-3-11-30(16-18)24(31)10-6-17-5-9-23(20(14-17)26(27,28)29)36-19-7-8-21-22(15-19)35-13-12-34-21/h5-10,14-15,18H,2-4,11-13,16H2,1H3/b10-6+/t18-/m1/s1. The van der Waals surface area contributed by atoms with Gasteiger partial charge in [0.1, 0.15) is 13.2 Å². The van der Waals surface area contributed by atoms with Crippen LogP contribution in [0.1, 0.15) is 30.9 Å². The maximum absolute atomic E-state index is 13.9. The smallest absolute Gasteiger partial charge is 0.417 e. The van der Waals surface area contributed by atoms with E-state index in [4.69, 9.17) is 14.2 Å². The quantitative estimate of drug-likeness (QED) is 0.373. The van der Waals surface area contributed by atoms with Crippen molar-refractivity contribution in [2.75, 3.05) is 32.9 Å². The summed E-state index contributed by atoms with van der Waals surface area (Å²) in [5, 5.41) is 0. The third-order valence-corrected chi connectivity index (χ3v) is 6.89. The predicted octanol–water partition coefficient (Wildman–Crippen LogP) is 5.44. The number of likely N-dealkylation sites (tertiary alicyclic amines) is 1. The summed E-state index contributed by atoms with van der Waals surface area (Å²) in [6.07, 6.45) is -0.665. The molecule has 0 aliphatic carbocycles. The van der Waals surface area contributed by atoms with E-state index in [0.29, 0.717) is 49.0 Å². The number of hydrogen-bond acceptors (Lipinski definition) is 6. The second kappa shape index (κ2) is 11.3. The number of carbonyl (C=O) groups excluding carboxylic acids is 2. The summed E-state index contributed by atoms with van der Waals surface area (Å²) in [7, 11) is 0. The van der Waals surface area contributed by atoms with Crippen LogP contribution in [-0.2, 0) is 20.5 Å². The Kier molecular flexibility index (Phi) is 8.13. The molecule has 0 spiro atoms. The molecular weight excluding hydrogens is 495 g/mol. The normalized spacial score (nSPS) is 17.8. The molecule has 2 aliphatic rings. The zero-order valence-corrected chi connectivity index (χ0v) is 20.5. The lowest BCUT2D eigenvalue weighted by Crippen LogP contribution is -2.42. The van der Waals surface area contributed by atoms with Crippen LogP contribution >= 0.6 is 11.8 Å². The first-order valence-electron chi connectivity index (χ1n) is 11.7. The van der Waals surface area contributed by atoms with Crippen LogP contribution in [0, 0.1) is 5.92 Å². The van der Waals surface area contributed by atoms with Gasteiger partial charge in [-0.25, -0.2) is 0 Å². The zero-order chi connectivity index (χ0) is 25.7. The number of halogens is 3. The van der Waals surface area contributed by atoms with Crippen LogP contribution in [0.25, 0.3) is 6.08 Å². The van der Waals surface area contributed by atoms with E-state index in [1.807, 2.05) is 0 Å². The molecule has 0 N–H and O–H groups in total. The molecule has 0 aromatic heterocycles. The molecule has 6 nitrogen and oxygen atoms in total. The molecule has 36 heavy (non-hydrogen) atoms. The topological polar surface area (TPSA) is 65.1 Å². The van der Waals surface area contributed by atoms with E-state index >= 15 is 0 Å². The van der Waals surface area contributed by atoms with Gasteiger partial charge in [0, 0.05) is 29.0 Å². The minimum absolute atomic E-state index is 0.0379. The lowest BCUT2D eigenvalue weighted by molar-refractivity contribution is -0.150. The van der Waals surface area contributed by atoms with Crippen molar-refractivity contribution in [1.82, 2.24) is 4.90 Å². The lowest BCUT2D eigenvalue weighted by atomic mass is 9.98. The molecule has 2 aromatic carbocycles. The average Bonchev–Trinajstić information content (AvgIpc) is 2.87. The number of carbonyl (C=O) groups is 2. The van der Waals surface area contributed by atoms with E-state index in [0.717, 1.165) is 17.8 Å². The number of esters is 1. The fourth-order valence-corrected chi connectivity index (χ4v) is 5.06. The van der Waals surface area contributed by atoms with Crippen LogP contribution in [0.15, 0.2) is 52.3 Å². The van der Waals surface area contributed by atoms with Gasteiger partial charge in [-0.2, -0.15) is 13.2 Å². The molecule has 10 heteroatoms. The summed E-state index contributed by atoms with van der Waals surface area (Å²) in [6, 6.07) is 8.99. The Morgan fingerprint density at radius 2 is 1.92 bits per heavy atom. The van der Waals surface area contributed by atoms with Crippen molar-refractivity contribution in [1.29, 1.82) is 0 Å². The molecule has 0 bridgehead atoms. The van der Waals surface area contributed by atoms with Crippen molar-refractivity contribution in [3.63, 3.8) is 0 Å². The van der Waals surface area contributed by atoms with Gasteiger partial charge in [-0.15, -0.1) is 0 Å². The molecule has 2 heterocycles. The SMILES string of the molecule is CCOC(=O)[C@@H]1CCCN(C(=O)/C=C/c2ccc(Sc3ccc4c(c3)OCCO4)c(C(F)(F)F)c2)C1. The molecular formula is C26H26F3NO5S. The molecule has 0 saturated carbocycles. The maximum atomic E-state index is 13.9. The highest BCUT2D eigenvalue weighted by molar-refractivity contribution is 7.99. The molecule has 2 aromatic rings. The molecule has 1 fully saturated rings. The van der Waals surface area contributed by atoms with Gasteiger partial charge in [0.25, 0.3) is 0 Å². The third-order valence-electron chi connectivity index (χ3n) is 5.82. The van der Waals surface area contributed by atoms with Crippen LogP contribution in [0.3, 0.4) is 0 Å². The van der Waals surface area contributed by atoms with Crippen molar-refractivity contribution in [3.05, 3.63) is 53.6 Å². The highest BCUT2D eigenvalue weighted by Crippen LogP contribution is 2.42. The Balaban J connectivity index is 1.48. The number of alkyl halides is 3. The van der Waals surface area contributed by atoms with Crippen molar-refractivity contribution in [2.24, 2.45) is 5.92 Å². The first-order chi connectivity index (χ1) is 17.2. The Bertz CT molecular complexity index is 1150. The Morgan fingerprint density at radius 1 is 1.14 bits per heavy atom. The minimum Gasteiger partial charge on any atom is -0.486 e. The van der Waals surface area contributed by atoms with E-state index in [1.54, 1.807) is 25.1 Å². The molecule has 2 aliphatic heterocycles. The minimum atomic E-state index is -4.58. The van der Waals surface area contributed by atoms with E-state index in [1.165, 1.54) is 29.2 Å². The number of ether oxygens (including phenoxy) is 3. The van der Waals surface area contributed by atoms with Crippen molar-refractivity contribution < 1.29 is 37.0 Å². The van der Waals surface area contributed by atoms with Crippen LogP contribution < -0.4 is 9.47 Å². The fourth-order valence-electron chi connectivity index (χ4n) is 4.08. The summed E-state index contributed by atoms with van der Waals surface area (Å²) in [5.41, 5.74) is -0.543. The van der Waals surface area contributed by atoms with Gasteiger partial charge >= 0.3 is 12.1 Å². The Labute approximate surface area is 211 Å². The molecule has 0 radical (unpaired) electrons. The van der Waals surface area contributed by atoms with Crippen molar-refractivity contribution in [2.45, 2.75) is 35.7 Å². The van der Waals surface area contributed by atoms with Crippen molar-refractivity contribution >= 4 is 29.7 Å². The average molecular weight is 522 g/mol. The number of benzene rings is 2. The van der Waals surface area contributed by atoms with E-state index < -0.39 is 11.7 Å². The number of hydrogen-bond donors (Lipinski definition) is 0. The molecule has 192 valence electrons. The first-order valence-corrected chi connectivity index (χ1v) is 12.5. The highest BCUT2D eigenvalue weighted by atomic mass is 32.2. The van der Waals surface area contributed by atoms with Gasteiger partial charge in [0.05, 0.1) is 18.1 Å². The third kappa shape index (κ3) is 6.34. The lowest BCUT2D eigenvalue weighted by Gasteiger charge is -2.30. The number of nitrogens with zero attached hydrogens (tertiary/aromatic N) is 1. The number of rotatable bonds is 6. The molecule has 1 amide bonds. The van der Waals surface area contributed by atoms with Gasteiger partial charge in [0.15, 0.2) is 11.5 Å². The number of fused-ring (bicyclic) bond motifs is 1. The largest absolute Gasteiger partial charge is 0.486 e. The number of amides is 1. The summed E-state index contributed by atoms with van der Waals surface area (Å²) in [4.78, 5) is 26.8. The van der Waals surface area contributed by atoms with Gasteiger partial charge in [0.2, 0.25) is 5.91 Å². The van der Waals surface area contributed by atoms with Crippen LogP contribution in [0.4, 0.5) is 13.2 Å². The van der Waals surface area contributed by atoms with Crippen molar-refractivity contribution in [3.8, 4) is 11.5 Å². The predicted molar refractivity (Wildman–Crippen MR) is 128 cm³/mol. The number of piperidine rings is 1. The zero-order valence-electron chi connectivity index (χ0n) is 19.7. The van der Waals surface area contributed by atoms with Gasteiger partial charge < -0.3 is 19.1 Å². The first kappa shape index (κ1) is 25.9.